The predicted molar refractivity (Wildman–Crippen MR) is 88.8 cm³/mol. The van der Waals surface area contributed by atoms with Crippen molar-refractivity contribution < 1.29 is 9.32 Å². The number of hydrogen-bond acceptors (Lipinski definition) is 5. The SMILES string of the molecule is Cc1ccc(-c2noc(-c3ccccc3NC(=O)CC#N)n2)cc1. The zero-order valence-electron chi connectivity index (χ0n) is 13.0. The van der Waals surface area contributed by atoms with Crippen LogP contribution in [-0.4, -0.2) is 16.0 Å². The summed E-state index contributed by atoms with van der Waals surface area (Å²) < 4.78 is 5.34. The second kappa shape index (κ2) is 6.75. The zero-order chi connectivity index (χ0) is 16.9. The van der Waals surface area contributed by atoms with E-state index in [9.17, 15) is 4.79 Å². The first-order valence-electron chi connectivity index (χ1n) is 7.34. The molecule has 118 valence electrons. The molecular formula is C18H14N4O2. The number of para-hydroxylation sites is 1. The van der Waals surface area contributed by atoms with Crippen molar-refractivity contribution in [3.8, 4) is 28.9 Å². The molecule has 1 aromatic heterocycles. The highest BCUT2D eigenvalue weighted by Crippen LogP contribution is 2.28. The summed E-state index contributed by atoms with van der Waals surface area (Å²) in [7, 11) is 0. The number of anilines is 1. The van der Waals surface area contributed by atoms with Crippen LogP contribution in [0.15, 0.2) is 53.1 Å². The van der Waals surface area contributed by atoms with Gasteiger partial charge in [0.15, 0.2) is 0 Å². The van der Waals surface area contributed by atoms with Gasteiger partial charge in [0, 0.05) is 5.56 Å². The molecule has 6 heteroatoms. The number of aryl methyl sites for hydroxylation is 1. The van der Waals surface area contributed by atoms with Crippen LogP contribution in [0.1, 0.15) is 12.0 Å². The summed E-state index contributed by atoms with van der Waals surface area (Å²) in [4.78, 5) is 16.1. The molecule has 1 N–H and O–H groups in total. The van der Waals surface area contributed by atoms with Crippen molar-refractivity contribution in [1.82, 2.24) is 10.1 Å². The molecule has 0 fully saturated rings. The molecule has 0 spiro atoms. The average molecular weight is 318 g/mol. The standard InChI is InChI=1S/C18H14N4O2/c1-12-6-8-13(9-7-12)17-21-18(24-22-17)14-4-2-3-5-15(14)20-16(23)10-11-19/h2-9H,10H2,1H3,(H,20,23). The van der Waals surface area contributed by atoms with Gasteiger partial charge in [-0.15, -0.1) is 0 Å². The Kier molecular flexibility index (Phi) is 4.34. The van der Waals surface area contributed by atoms with E-state index in [2.05, 4.69) is 15.5 Å². The molecule has 3 aromatic rings. The summed E-state index contributed by atoms with van der Waals surface area (Å²) in [6.07, 6.45) is -0.215. The van der Waals surface area contributed by atoms with Crippen LogP contribution >= 0.6 is 0 Å². The fraction of sp³-hybridized carbons (Fsp3) is 0.111. The molecule has 0 saturated heterocycles. The predicted octanol–water partition coefficient (Wildman–Crippen LogP) is 3.56. The number of nitriles is 1. The molecule has 24 heavy (non-hydrogen) atoms. The summed E-state index contributed by atoms with van der Waals surface area (Å²) in [5.74, 6) is 0.393. The molecule has 2 aromatic carbocycles. The average Bonchev–Trinajstić information content (AvgIpc) is 3.06. The lowest BCUT2D eigenvalue weighted by Crippen LogP contribution is -2.10. The first-order valence-corrected chi connectivity index (χ1v) is 7.34. The molecule has 0 unspecified atom stereocenters. The smallest absolute Gasteiger partial charge is 0.260 e. The van der Waals surface area contributed by atoms with Gasteiger partial charge in [0.2, 0.25) is 11.7 Å². The summed E-state index contributed by atoms with van der Waals surface area (Å²) in [6.45, 7) is 2.01. The maximum absolute atomic E-state index is 11.7. The molecule has 0 atom stereocenters. The number of carbonyl (C=O) groups excluding carboxylic acids is 1. The number of amides is 1. The molecule has 0 aliphatic heterocycles. The summed E-state index contributed by atoms with van der Waals surface area (Å²) in [5, 5.41) is 15.3. The summed E-state index contributed by atoms with van der Waals surface area (Å²) in [5.41, 5.74) is 3.13. The van der Waals surface area contributed by atoms with E-state index < -0.39 is 0 Å². The van der Waals surface area contributed by atoms with Crippen LogP contribution in [0.5, 0.6) is 0 Å². The van der Waals surface area contributed by atoms with Gasteiger partial charge in [-0.25, -0.2) is 0 Å². The third-order valence-electron chi connectivity index (χ3n) is 3.41. The molecule has 0 bridgehead atoms. The topological polar surface area (TPSA) is 91.8 Å². The van der Waals surface area contributed by atoms with Gasteiger partial charge in [-0.3, -0.25) is 4.79 Å². The highest BCUT2D eigenvalue weighted by molar-refractivity contribution is 5.95. The van der Waals surface area contributed by atoms with Crippen molar-refractivity contribution >= 4 is 11.6 Å². The largest absolute Gasteiger partial charge is 0.334 e. The quantitative estimate of drug-likeness (QED) is 0.794. The number of nitrogens with zero attached hydrogens (tertiary/aromatic N) is 3. The molecule has 0 aliphatic carbocycles. The second-order valence-corrected chi connectivity index (χ2v) is 5.22. The number of benzene rings is 2. The molecule has 6 nitrogen and oxygen atoms in total. The number of aromatic nitrogens is 2. The van der Waals surface area contributed by atoms with Crippen molar-refractivity contribution in [2.24, 2.45) is 0 Å². The van der Waals surface area contributed by atoms with Crippen molar-refractivity contribution in [3.63, 3.8) is 0 Å². The van der Waals surface area contributed by atoms with Gasteiger partial charge in [0.25, 0.3) is 5.89 Å². The van der Waals surface area contributed by atoms with Crippen molar-refractivity contribution in [1.29, 1.82) is 5.26 Å². The summed E-state index contributed by atoms with van der Waals surface area (Å²) in [6, 6.07) is 16.7. The third kappa shape index (κ3) is 3.31. The van der Waals surface area contributed by atoms with E-state index >= 15 is 0 Å². The van der Waals surface area contributed by atoms with E-state index in [0.29, 0.717) is 23.0 Å². The minimum Gasteiger partial charge on any atom is -0.334 e. The van der Waals surface area contributed by atoms with E-state index in [1.165, 1.54) is 0 Å². The van der Waals surface area contributed by atoms with Crippen LogP contribution in [0.2, 0.25) is 0 Å². The Morgan fingerprint density at radius 3 is 2.71 bits per heavy atom. The van der Waals surface area contributed by atoms with Gasteiger partial charge in [-0.2, -0.15) is 10.2 Å². The first kappa shape index (κ1) is 15.4. The van der Waals surface area contributed by atoms with E-state index in [1.807, 2.05) is 43.3 Å². The van der Waals surface area contributed by atoms with Crippen molar-refractivity contribution in [2.45, 2.75) is 13.3 Å². The third-order valence-corrected chi connectivity index (χ3v) is 3.41. The van der Waals surface area contributed by atoms with Gasteiger partial charge in [0.05, 0.1) is 17.3 Å². The van der Waals surface area contributed by atoms with Crippen LogP contribution in [0.3, 0.4) is 0 Å². The van der Waals surface area contributed by atoms with Crippen LogP contribution in [-0.2, 0) is 4.79 Å². The molecule has 3 rings (SSSR count). The lowest BCUT2D eigenvalue weighted by molar-refractivity contribution is -0.115. The Labute approximate surface area is 138 Å². The van der Waals surface area contributed by atoms with E-state index in [0.717, 1.165) is 11.1 Å². The molecule has 1 amide bonds. The first-order chi connectivity index (χ1) is 11.7. The van der Waals surface area contributed by atoms with Gasteiger partial charge >= 0.3 is 0 Å². The van der Waals surface area contributed by atoms with E-state index in [4.69, 9.17) is 9.78 Å². The maximum Gasteiger partial charge on any atom is 0.260 e. The fourth-order valence-corrected chi connectivity index (χ4v) is 2.20. The Morgan fingerprint density at radius 2 is 1.96 bits per heavy atom. The zero-order valence-corrected chi connectivity index (χ0v) is 13.0. The van der Waals surface area contributed by atoms with Crippen molar-refractivity contribution in [2.75, 3.05) is 5.32 Å². The molecular weight excluding hydrogens is 304 g/mol. The Bertz CT molecular complexity index is 907. The molecule has 1 heterocycles. The Balaban J connectivity index is 1.92. The van der Waals surface area contributed by atoms with Gasteiger partial charge in [-0.05, 0) is 19.1 Å². The Hall–Kier alpha value is -3.46. The van der Waals surface area contributed by atoms with Crippen LogP contribution < -0.4 is 5.32 Å². The minimum atomic E-state index is -0.386. The molecule has 0 radical (unpaired) electrons. The van der Waals surface area contributed by atoms with Crippen LogP contribution in [0, 0.1) is 18.3 Å². The summed E-state index contributed by atoms with van der Waals surface area (Å²) >= 11 is 0. The highest BCUT2D eigenvalue weighted by Gasteiger charge is 2.15. The van der Waals surface area contributed by atoms with Gasteiger partial charge in [-0.1, -0.05) is 47.1 Å². The van der Waals surface area contributed by atoms with Gasteiger partial charge < -0.3 is 9.84 Å². The fourth-order valence-electron chi connectivity index (χ4n) is 2.20. The van der Waals surface area contributed by atoms with Gasteiger partial charge in [0.1, 0.15) is 6.42 Å². The monoisotopic (exact) mass is 318 g/mol. The number of hydrogen-bond donors (Lipinski definition) is 1. The lowest BCUT2D eigenvalue weighted by atomic mass is 10.1. The van der Waals surface area contributed by atoms with E-state index in [1.54, 1.807) is 18.2 Å². The second-order valence-electron chi connectivity index (χ2n) is 5.22. The molecule has 0 aliphatic rings. The highest BCUT2D eigenvalue weighted by atomic mass is 16.5. The lowest BCUT2D eigenvalue weighted by Gasteiger charge is -2.06. The van der Waals surface area contributed by atoms with Crippen molar-refractivity contribution in [3.05, 3.63) is 54.1 Å². The number of nitrogens with one attached hydrogen (secondary N) is 1. The Morgan fingerprint density at radius 1 is 1.21 bits per heavy atom. The molecule has 0 saturated carbocycles. The number of carbonyl (C=O) groups is 1. The maximum atomic E-state index is 11.7. The van der Waals surface area contributed by atoms with E-state index in [-0.39, 0.29) is 12.3 Å². The normalized spacial score (nSPS) is 10.2. The number of rotatable bonds is 4. The van der Waals surface area contributed by atoms with Crippen LogP contribution in [0.4, 0.5) is 5.69 Å². The van der Waals surface area contributed by atoms with Crippen LogP contribution in [0.25, 0.3) is 22.8 Å². The minimum absolute atomic E-state index is 0.215.